The zero-order chi connectivity index (χ0) is 14.9. The Kier molecular flexibility index (Phi) is 4.91. The molecule has 0 bridgehead atoms. The standard InChI is InChI=1S/C17H30N2S/c1-11(2)15-8-7-9-17(10-15,19-12(3)4)16-18-13(5)14(6)20-16/h11-12,15,19H,7-10H2,1-6H3. The highest BCUT2D eigenvalue weighted by Gasteiger charge is 2.41. The maximum atomic E-state index is 4.91. The molecular weight excluding hydrogens is 264 g/mol. The second-order valence-corrected chi connectivity index (χ2v) is 8.35. The van der Waals surface area contributed by atoms with E-state index in [1.807, 2.05) is 11.3 Å². The quantitative estimate of drug-likeness (QED) is 0.863. The van der Waals surface area contributed by atoms with E-state index in [1.54, 1.807) is 0 Å². The van der Waals surface area contributed by atoms with Crippen LogP contribution in [0.4, 0.5) is 0 Å². The third kappa shape index (κ3) is 3.25. The van der Waals surface area contributed by atoms with Gasteiger partial charge in [0.25, 0.3) is 0 Å². The summed E-state index contributed by atoms with van der Waals surface area (Å²) in [4.78, 5) is 6.28. The molecule has 2 unspecified atom stereocenters. The number of hydrogen-bond donors (Lipinski definition) is 1. The molecule has 1 saturated carbocycles. The summed E-state index contributed by atoms with van der Waals surface area (Å²) >= 11 is 1.90. The first-order chi connectivity index (χ1) is 9.34. The molecule has 1 aliphatic carbocycles. The summed E-state index contributed by atoms with van der Waals surface area (Å²) in [6, 6.07) is 0.505. The molecule has 0 saturated heterocycles. The lowest BCUT2D eigenvalue weighted by Crippen LogP contribution is -2.49. The number of rotatable bonds is 4. The van der Waals surface area contributed by atoms with E-state index < -0.39 is 0 Å². The van der Waals surface area contributed by atoms with Crippen LogP contribution in [0.25, 0.3) is 0 Å². The SMILES string of the molecule is Cc1nc(C2(NC(C)C)CCCC(C(C)C)C2)sc1C. The first-order valence-corrected chi connectivity index (χ1v) is 8.88. The fourth-order valence-corrected chi connectivity index (χ4v) is 4.61. The maximum absolute atomic E-state index is 4.91. The minimum atomic E-state index is 0.116. The molecule has 2 nitrogen and oxygen atoms in total. The van der Waals surface area contributed by atoms with Crippen LogP contribution in [0.1, 0.15) is 69.0 Å². The fraction of sp³-hybridized carbons (Fsp3) is 0.824. The molecule has 1 fully saturated rings. The van der Waals surface area contributed by atoms with Crippen LogP contribution in [0.3, 0.4) is 0 Å². The lowest BCUT2D eigenvalue weighted by atomic mass is 9.71. The van der Waals surface area contributed by atoms with Crippen molar-refractivity contribution in [2.24, 2.45) is 11.8 Å². The molecule has 0 radical (unpaired) electrons. The van der Waals surface area contributed by atoms with Crippen LogP contribution in [0, 0.1) is 25.7 Å². The van der Waals surface area contributed by atoms with E-state index in [2.05, 4.69) is 46.9 Å². The van der Waals surface area contributed by atoms with Crippen LogP contribution in [-0.4, -0.2) is 11.0 Å². The number of nitrogens with zero attached hydrogens (tertiary/aromatic N) is 1. The third-order valence-corrected chi connectivity index (χ3v) is 6.01. The first kappa shape index (κ1) is 16.0. The molecule has 3 heteroatoms. The Bertz CT molecular complexity index is 430. The Balaban J connectivity index is 2.34. The minimum Gasteiger partial charge on any atom is -0.303 e. The van der Waals surface area contributed by atoms with Crippen molar-refractivity contribution in [2.45, 2.75) is 78.8 Å². The highest BCUT2D eigenvalue weighted by molar-refractivity contribution is 7.11. The number of aryl methyl sites for hydroxylation is 2. The highest BCUT2D eigenvalue weighted by atomic mass is 32.1. The maximum Gasteiger partial charge on any atom is 0.113 e. The summed E-state index contributed by atoms with van der Waals surface area (Å²) < 4.78 is 0. The molecule has 2 atom stereocenters. The Hall–Kier alpha value is -0.410. The van der Waals surface area contributed by atoms with Gasteiger partial charge in [-0.15, -0.1) is 11.3 Å². The number of nitrogens with one attached hydrogen (secondary N) is 1. The van der Waals surface area contributed by atoms with E-state index in [-0.39, 0.29) is 5.54 Å². The van der Waals surface area contributed by atoms with Crippen molar-refractivity contribution in [3.63, 3.8) is 0 Å². The van der Waals surface area contributed by atoms with E-state index in [4.69, 9.17) is 4.98 Å². The van der Waals surface area contributed by atoms with Crippen molar-refractivity contribution >= 4 is 11.3 Å². The molecule has 0 aromatic carbocycles. The molecule has 20 heavy (non-hydrogen) atoms. The number of thiazole rings is 1. The van der Waals surface area contributed by atoms with Gasteiger partial charge < -0.3 is 5.32 Å². The smallest absolute Gasteiger partial charge is 0.113 e. The minimum absolute atomic E-state index is 0.116. The number of aromatic nitrogens is 1. The van der Waals surface area contributed by atoms with Crippen molar-refractivity contribution in [3.8, 4) is 0 Å². The second kappa shape index (κ2) is 6.15. The van der Waals surface area contributed by atoms with Crippen molar-refractivity contribution in [1.29, 1.82) is 0 Å². The third-order valence-electron chi connectivity index (χ3n) is 4.73. The van der Waals surface area contributed by atoms with E-state index >= 15 is 0 Å². The Labute approximate surface area is 128 Å². The van der Waals surface area contributed by atoms with E-state index in [9.17, 15) is 0 Å². The summed E-state index contributed by atoms with van der Waals surface area (Å²) in [5, 5.41) is 5.21. The largest absolute Gasteiger partial charge is 0.303 e. The van der Waals surface area contributed by atoms with Crippen LogP contribution >= 0.6 is 11.3 Å². The first-order valence-electron chi connectivity index (χ1n) is 8.06. The molecule has 0 aliphatic heterocycles. The van der Waals surface area contributed by atoms with Crippen molar-refractivity contribution < 1.29 is 0 Å². The van der Waals surface area contributed by atoms with Crippen LogP contribution in [0.2, 0.25) is 0 Å². The van der Waals surface area contributed by atoms with E-state index in [0.717, 1.165) is 11.8 Å². The Morgan fingerprint density at radius 1 is 1.25 bits per heavy atom. The van der Waals surface area contributed by atoms with Gasteiger partial charge in [0.1, 0.15) is 5.01 Å². The van der Waals surface area contributed by atoms with Gasteiger partial charge in [-0.05, 0) is 52.4 Å². The van der Waals surface area contributed by atoms with Crippen molar-refractivity contribution in [2.75, 3.05) is 0 Å². The molecule has 1 aromatic heterocycles. The normalized spacial score (nSPS) is 27.5. The van der Waals surface area contributed by atoms with E-state index in [1.165, 1.54) is 41.3 Å². The van der Waals surface area contributed by atoms with Gasteiger partial charge in [0.15, 0.2) is 0 Å². The van der Waals surface area contributed by atoms with Crippen molar-refractivity contribution in [3.05, 3.63) is 15.6 Å². The average molecular weight is 295 g/mol. The molecule has 0 amide bonds. The summed E-state index contributed by atoms with van der Waals surface area (Å²) in [5.41, 5.74) is 1.33. The van der Waals surface area contributed by atoms with Gasteiger partial charge in [-0.2, -0.15) is 0 Å². The summed E-state index contributed by atoms with van der Waals surface area (Å²) in [5.74, 6) is 1.59. The predicted octanol–water partition coefficient (Wildman–Crippen LogP) is 4.80. The van der Waals surface area contributed by atoms with Gasteiger partial charge in [-0.1, -0.05) is 26.7 Å². The van der Waals surface area contributed by atoms with Gasteiger partial charge in [0, 0.05) is 10.9 Å². The summed E-state index contributed by atoms with van der Waals surface area (Å²) in [7, 11) is 0. The van der Waals surface area contributed by atoms with Gasteiger partial charge in [-0.25, -0.2) is 4.98 Å². The predicted molar refractivity (Wildman–Crippen MR) is 88.3 cm³/mol. The van der Waals surface area contributed by atoms with Gasteiger partial charge in [-0.3, -0.25) is 0 Å². The van der Waals surface area contributed by atoms with Gasteiger partial charge in [0.2, 0.25) is 0 Å². The zero-order valence-corrected chi connectivity index (χ0v) is 14.7. The summed E-state index contributed by atoms with van der Waals surface area (Å²) in [6.45, 7) is 13.6. The molecule has 0 spiro atoms. The average Bonchev–Trinajstić information content (AvgIpc) is 2.69. The van der Waals surface area contributed by atoms with Gasteiger partial charge >= 0.3 is 0 Å². The fourth-order valence-electron chi connectivity index (χ4n) is 3.50. The second-order valence-electron chi connectivity index (χ2n) is 7.14. The lowest BCUT2D eigenvalue weighted by Gasteiger charge is -2.43. The molecule has 1 heterocycles. The Morgan fingerprint density at radius 3 is 2.45 bits per heavy atom. The molecule has 1 aliphatic rings. The van der Waals surface area contributed by atoms with Crippen LogP contribution in [0.5, 0.6) is 0 Å². The molecule has 1 aromatic rings. The Morgan fingerprint density at radius 2 is 1.95 bits per heavy atom. The van der Waals surface area contributed by atoms with Crippen LogP contribution in [-0.2, 0) is 5.54 Å². The number of hydrogen-bond acceptors (Lipinski definition) is 3. The van der Waals surface area contributed by atoms with Crippen molar-refractivity contribution in [1.82, 2.24) is 10.3 Å². The molecule has 1 N–H and O–H groups in total. The summed E-state index contributed by atoms with van der Waals surface area (Å²) in [6.07, 6.45) is 5.18. The molecule has 114 valence electrons. The topological polar surface area (TPSA) is 24.9 Å². The van der Waals surface area contributed by atoms with Crippen LogP contribution in [0.15, 0.2) is 0 Å². The lowest BCUT2D eigenvalue weighted by molar-refractivity contribution is 0.138. The molecular formula is C17H30N2S. The zero-order valence-electron chi connectivity index (χ0n) is 13.9. The highest BCUT2D eigenvalue weighted by Crippen LogP contribution is 2.44. The van der Waals surface area contributed by atoms with E-state index in [0.29, 0.717) is 6.04 Å². The monoisotopic (exact) mass is 294 g/mol. The van der Waals surface area contributed by atoms with Crippen LogP contribution < -0.4 is 5.32 Å². The molecule has 2 rings (SSSR count). The van der Waals surface area contributed by atoms with Gasteiger partial charge in [0.05, 0.1) is 11.2 Å².